The van der Waals surface area contributed by atoms with Crippen LogP contribution in [-0.4, -0.2) is 16.5 Å². The average molecular weight is 341 g/mol. The van der Waals surface area contributed by atoms with Crippen LogP contribution >= 0.6 is 0 Å². The molecule has 0 aliphatic carbocycles. The summed E-state index contributed by atoms with van der Waals surface area (Å²) in [6.07, 6.45) is 7.94. The summed E-state index contributed by atoms with van der Waals surface area (Å²) >= 11 is 0. The van der Waals surface area contributed by atoms with E-state index in [2.05, 4.69) is 76.0 Å². The largest absolute Gasteiger partial charge is 0.379 e. The van der Waals surface area contributed by atoms with Crippen molar-refractivity contribution in [2.24, 2.45) is 5.92 Å². The maximum absolute atomic E-state index is 12.0. The Bertz CT molecular complexity index is 1050. The van der Waals surface area contributed by atoms with Gasteiger partial charge in [0.05, 0.1) is 0 Å². The van der Waals surface area contributed by atoms with E-state index in [1.54, 1.807) is 0 Å². The SMILES string of the molecule is O=C1NC=C(c2ccc3ccn(Cc4ccccc4)c3c2)C2C=CNC12. The van der Waals surface area contributed by atoms with Gasteiger partial charge in [0.15, 0.2) is 0 Å². The van der Waals surface area contributed by atoms with E-state index in [4.69, 9.17) is 0 Å². The zero-order chi connectivity index (χ0) is 17.5. The second-order valence-corrected chi connectivity index (χ2v) is 6.84. The van der Waals surface area contributed by atoms with Gasteiger partial charge in [0.2, 0.25) is 5.91 Å². The van der Waals surface area contributed by atoms with E-state index < -0.39 is 0 Å². The topological polar surface area (TPSA) is 46.1 Å². The molecule has 3 heterocycles. The zero-order valence-corrected chi connectivity index (χ0v) is 14.2. The molecule has 2 aliphatic heterocycles. The fourth-order valence-corrected chi connectivity index (χ4v) is 3.89. The molecular formula is C22H19N3O. The molecule has 2 unspecified atom stereocenters. The number of amides is 1. The second kappa shape index (κ2) is 5.92. The van der Waals surface area contributed by atoms with Crippen LogP contribution in [0.1, 0.15) is 11.1 Å². The highest BCUT2D eigenvalue weighted by Gasteiger charge is 2.35. The third-order valence-electron chi connectivity index (χ3n) is 5.25. The minimum atomic E-state index is -0.207. The van der Waals surface area contributed by atoms with Gasteiger partial charge in [-0.15, -0.1) is 0 Å². The van der Waals surface area contributed by atoms with Gasteiger partial charge in [-0.25, -0.2) is 0 Å². The third-order valence-corrected chi connectivity index (χ3v) is 5.25. The van der Waals surface area contributed by atoms with Crippen LogP contribution in [0, 0.1) is 5.92 Å². The van der Waals surface area contributed by atoms with E-state index in [0.29, 0.717) is 0 Å². The van der Waals surface area contributed by atoms with Crippen LogP contribution in [-0.2, 0) is 11.3 Å². The van der Waals surface area contributed by atoms with Gasteiger partial charge in [0.1, 0.15) is 6.04 Å². The highest BCUT2D eigenvalue weighted by atomic mass is 16.2. The van der Waals surface area contributed by atoms with Gasteiger partial charge < -0.3 is 15.2 Å². The van der Waals surface area contributed by atoms with Gasteiger partial charge in [-0.1, -0.05) is 48.5 Å². The lowest BCUT2D eigenvalue weighted by Crippen LogP contribution is -2.45. The molecule has 5 rings (SSSR count). The number of nitrogens with zero attached hydrogens (tertiary/aromatic N) is 1. The lowest BCUT2D eigenvalue weighted by Gasteiger charge is -2.26. The van der Waals surface area contributed by atoms with Gasteiger partial charge in [0, 0.05) is 30.4 Å². The molecule has 0 fully saturated rings. The van der Waals surface area contributed by atoms with Crippen LogP contribution in [0.25, 0.3) is 16.5 Å². The van der Waals surface area contributed by atoms with Crippen molar-refractivity contribution in [2.45, 2.75) is 12.6 Å². The molecule has 0 radical (unpaired) electrons. The van der Waals surface area contributed by atoms with E-state index in [-0.39, 0.29) is 17.9 Å². The number of aromatic nitrogens is 1. The van der Waals surface area contributed by atoms with E-state index in [0.717, 1.165) is 17.7 Å². The van der Waals surface area contributed by atoms with E-state index in [1.165, 1.54) is 16.5 Å². The monoisotopic (exact) mass is 341 g/mol. The van der Waals surface area contributed by atoms with Crippen molar-refractivity contribution >= 4 is 22.4 Å². The Morgan fingerprint density at radius 2 is 1.92 bits per heavy atom. The zero-order valence-electron chi connectivity index (χ0n) is 14.2. The Kier molecular flexibility index (Phi) is 3.42. The first-order valence-electron chi connectivity index (χ1n) is 8.86. The van der Waals surface area contributed by atoms with Crippen LogP contribution in [0.15, 0.2) is 79.3 Å². The molecule has 4 nitrogen and oxygen atoms in total. The van der Waals surface area contributed by atoms with Crippen molar-refractivity contribution in [1.82, 2.24) is 15.2 Å². The van der Waals surface area contributed by atoms with Gasteiger partial charge in [0.25, 0.3) is 0 Å². The minimum Gasteiger partial charge on any atom is -0.379 e. The smallest absolute Gasteiger partial charge is 0.247 e. The van der Waals surface area contributed by atoms with Crippen molar-refractivity contribution in [2.75, 3.05) is 0 Å². The minimum absolute atomic E-state index is 0.0253. The molecule has 0 spiro atoms. The number of fused-ring (bicyclic) bond motifs is 2. The first-order valence-corrected chi connectivity index (χ1v) is 8.86. The summed E-state index contributed by atoms with van der Waals surface area (Å²) in [5, 5.41) is 7.26. The molecule has 0 saturated heterocycles. The Hall–Kier alpha value is -3.27. The van der Waals surface area contributed by atoms with E-state index in [9.17, 15) is 4.79 Å². The number of hydrogen-bond acceptors (Lipinski definition) is 2. The molecular weight excluding hydrogens is 322 g/mol. The first-order chi connectivity index (χ1) is 12.8. The van der Waals surface area contributed by atoms with Crippen molar-refractivity contribution in [3.8, 4) is 0 Å². The number of rotatable bonds is 3. The summed E-state index contributed by atoms with van der Waals surface area (Å²) in [7, 11) is 0. The number of benzene rings is 2. The summed E-state index contributed by atoms with van der Waals surface area (Å²) in [6, 6.07) is 18.9. The third kappa shape index (κ3) is 2.42. The predicted octanol–water partition coefficient (Wildman–Crippen LogP) is 3.26. The van der Waals surface area contributed by atoms with Crippen molar-refractivity contribution in [3.63, 3.8) is 0 Å². The van der Waals surface area contributed by atoms with Gasteiger partial charge >= 0.3 is 0 Å². The molecule has 0 saturated carbocycles. The fraction of sp³-hybridized carbons (Fsp3) is 0.136. The lowest BCUT2D eigenvalue weighted by atomic mass is 9.86. The lowest BCUT2D eigenvalue weighted by molar-refractivity contribution is -0.122. The quantitative estimate of drug-likeness (QED) is 0.768. The Labute approximate surface area is 151 Å². The van der Waals surface area contributed by atoms with E-state index in [1.807, 2.05) is 18.5 Å². The van der Waals surface area contributed by atoms with Crippen molar-refractivity contribution in [3.05, 3.63) is 90.4 Å². The maximum atomic E-state index is 12.0. The highest BCUT2D eigenvalue weighted by Crippen LogP contribution is 2.33. The van der Waals surface area contributed by atoms with Crippen LogP contribution < -0.4 is 10.6 Å². The van der Waals surface area contributed by atoms with Crippen LogP contribution in [0.5, 0.6) is 0 Å². The molecule has 2 atom stereocenters. The maximum Gasteiger partial charge on any atom is 0.247 e. The molecule has 2 aromatic carbocycles. The molecule has 0 bridgehead atoms. The molecule has 1 amide bonds. The van der Waals surface area contributed by atoms with Gasteiger partial charge in [-0.3, -0.25) is 4.79 Å². The Morgan fingerprint density at radius 3 is 2.81 bits per heavy atom. The van der Waals surface area contributed by atoms with Crippen LogP contribution in [0.4, 0.5) is 0 Å². The second-order valence-electron chi connectivity index (χ2n) is 6.84. The molecule has 2 N–H and O–H groups in total. The Balaban J connectivity index is 1.54. The summed E-state index contributed by atoms with van der Waals surface area (Å²) in [6.45, 7) is 0.844. The average Bonchev–Trinajstić information content (AvgIpc) is 3.31. The number of nitrogens with one attached hydrogen (secondary N) is 2. The summed E-state index contributed by atoms with van der Waals surface area (Å²) < 4.78 is 2.27. The number of carbonyl (C=O) groups excluding carboxylic acids is 1. The molecule has 26 heavy (non-hydrogen) atoms. The molecule has 2 aliphatic rings. The fourth-order valence-electron chi connectivity index (χ4n) is 3.89. The van der Waals surface area contributed by atoms with E-state index >= 15 is 0 Å². The first kappa shape index (κ1) is 15.0. The van der Waals surface area contributed by atoms with Crippen molar-refractivity contribution in [1.29, 1.82) is 0 Å². The standard InChI is InChI=1S/C22H19N3O/c26-22-21-18(8-10-23-21)19(13-24-22)17-7-6-16-9-11-25(20(16)12-17)14-15-4-2-1-3-5-15/h1-13,18,21,23H,14H2,(H,24,26). The predicted molar refractivity (Wildman–Crippen MR) is 103 cm³/mol. The summed E-state index contributed by atoms with van der Waals surface area (Å²) in [4.78, 5) is 12.0. The van der Waals surface area contributed by atoms with Crippen LogP contribution in [0.3, 0.4) is 0 Å². The normalized spacial score (nSPS) is 21.2. The molecule has 128 valence electrons. The van der Waals surface area contributed by atoms with Gasteiger partial charge in [-0.05, 0) is 40.4 Å². The number of hydrogen-bond donors (Lipinski definition) is 2. The van der Waals surface area contributed by atoms with Crippen molar-refractivity contribution < 1.29 is 4.79 Å². The summed E-state index contributed by atoms with van der Waals surface area (Å²) in [5.41, 5.74) is 4.78. The Morgan fingerprint density at radius 1 is 1.04 bits per heavy atom. The van der Waals surface area contributed by atoms with Crippen LogP contribution in [0.2, 0.25) is 0 Å². The molecule has 1 aromatic heterocycles. The summed E-state index contributed by atoms with van der Waals surface area (Å²) in [5.74, 6) is 0.107. The highest BCUT2D eigenvalue weighted by molar-refractivity contribution is 5.93. The number of carbonyl (C=O) groups is 1. The van der Waals surface area contributed by atoms with Gasteiger partial charge in [-0.2, -0.15) is 0 Å². The molecule has 4 heteroatoms. The molecule has 3 aromatic rings.